The first kappa shape index (κ1) is 11.4. The fourth-order valence-electron chi connectivity index (χ4n) is 1.89. The van der Waals surface area contributed by atoms with E-state index in [1.165, 1.54) is 17.6 Å². The van der Waals surface area contributed by atoms with E-state index in [9.17, 15) is 4.79 Å². The summed E-state index contributed by atoms with van der Waals surface area (Å²) in [7, 11) is 1.38. The number of thiophene rings is 1. The summed E-state index contributed by atoms with van der Waals surface area (Å²) in [6.07, 6.45) is -0.544. The highest BCUT2D eigenvalue weighted by molar-refractivity contribution is 7.15. The van der Waals surface area contributed by atoms with Gasteiger partial charge in [0, 0.05) is 9.75 Å². The number of ether oxygens (including phenoxy) is 2. The summed E-state index contributed by atoms with van der Waals surface area (Å²) >= 11 is 1.66. The molecule has 1 saturated heterocycles. The molecular weight excluding hydrogens is 248 g/mol. The maximum Gasteiger partial charge on any atom is 0.338 e. The van der Waals surface area contributed by atoms with Crippen molar-refractivity contribution in [3.63, 3.8) is 0 Å². The van der Waals surface area contributed by atoms with Crippen LogP contribution in [0.5, 0.6) is 0 Å². The number of epoxide rings is 1. The summed E-state index contributed by atoms with van der Waals surface area (Å²) in [5.74, 6) is -0.297. The van der Waals surface area contributed by atoms with E-state index in [-0.39, 0.29) is 12.1 Å². The molecule has 0 radical (unpaired) electrons. The quantitative estimate of drug-likeness (QED) is 0.629. The number of methoxy groups -OCH3 is 1. The molecule has 0 spiro atoms. The van der Waals surface area contributed by atoms with Crippen LogP contribution in [0.25, 0.3) is 10.4 Å². The first-order chi connectivity index (χ1) is 8.79. The molecule has 2 heterocycles. The second-order valence-electron chi connectivity index (χ2n) is 4.07. The third-order valence-electron chi connectivity index (χ3n) is 2.89. The van der Waals surface area contributed by atoms with Crippen molar-refractivity contribution >= 4 is 17.3 Å². The first-order valence-electron chi connectivity index (χ1n) is 5.68. The largest absolute Gasteiger partial charge is 0.467 e. The van der Waals surface area contributed by atoms with Gasteiger partial charge < -0.3 is 9.47 Å². The zero-order valence-corrected chi connectivity index (χ0v) is 10.6. The highest BCUT2D eigenvalue weighted by atomic mass is 32.1. The van der Waals surface area contributed by atoms with Gasteiger partial charge in [0.1, 0.15) is 6.10 Å². The molecule has 1 aliphatic heterocycles. The van der Waals surface area contributed by atoms with Gasteiger partial charge in [0.2, 0.25) is 0 Å². The maximum absolute atomic E-state index is 11.3. The number of rotatable bonds is 3. The smallest absolute Gasteiger partial charge is 0.338 e. The molecular formula is C14H12O3S. The molecule has 3 nitrogen and oxygen atoms in total. The van der Waals surface area contributed by atoms with Crippen molar-refractivity contribution in [1.29, 1.82) is 0 Å². The second-order valence-corrected chi connectivity index (χ2v) is 5.18. The Labute approximate surface area is 109 Å². The van der Waals surface area contributed by atoms with Gasteiger partial charge in [0.15, 0.2) is 6.10 Å². The Balaban J connectivity index is 1.78. The van der Waals surface area contributed by atoms with E-state index in [0.29, 0.717) is 0 Å². The lowest BCUT2D eigenvalue weighted by molar-refractivity contribution is -0.142. The van der Waals surface area contributed by atoms with Crippen molar-refractivity contribution in [3.05, 3.63) is 47.3 Å². The Morgan fingerprint density at radius 1 is 1.22 bits per heavy atom. The van der Waals surface area contributed by atoms with Gasteiger partial charge in [-0.05, 0) is 17.7 Å². The van der Waals surface area contributed by atoms with Crippen molar-refractivity contribution in [3.8, 4) is 10.4 Å². The molecule has 4 heteroatoms. The summed E-state index contributed by atoms with van der Waals surface area (Å²) in [5.41, 5.74) is 1.18. The average molecular weight is 260 g/mol. The first-order valence-corrected chi connectivity index (χ1v) is 6.49. The lowest BCUT2D eigenvalue weighted by atomic mass is 10.2. The Morgan fingerprint density at radius 2 is 2.00 bits per heavy atom. The van der Waals surface area contributed by atoms with E-state index in [1.807, 2.05) is 24.3 Å². The fraction of sp³-hybridized carbons (Fsp3) is 0.214. The predicted molar refractivity (Wildman–Crippen MR) is 69.4 cm³/mol. The Morgan fingerprint density at radius 3 is 2.72 bits per heavy atom. The molecule has 1 fully saturated rings. The standard InChI is InChI=1S/C14H12O3S/c1-16-14(15)13-12(17-13)11-8-7-10(18-11)9-5-3-2-4-6-9/h2-8,12-13H,1H3. The van der Waals surface area contributed by atoms with Gasteiger partial charge in [-0.15, -0.1) is 11.3 Å². The lowest BCUT2D eigenvalue weighted by Crippen LogP contribution is -2.08. The predicted octanol–water partition coefficient (Wildman–Crippen LogP) is 3.03. The topological polar surface area (TPSA) is 38.8 Å². The summed E-state index contributed by atoms with van der Waals surface area (Å²) in [6, 6.07) is 14.2. The van der Waals surface area contributed by atoms with E-state index >= 15 is 0 Å². The number of hydrogen-bond donors (Lipinski definition) is 0. The van der Waals surface area contributed by atoms with Crippen LogP contribution < -0.4 is 0 Å². The van der Waals surface area contributed by atoms with Crippen molar-refractivity contribution in [1.82, 2.24) is 0 Å². The van der Waals surface area contributed by atoms with E-state index < -0.39 is 6.10 Å². The van der Waals surface area contributed by atoms with Crippen LogP contribution in [-0.4, -0.2) is 19.2 Å². The third-order valence-corrected chi connectivity index (χ3v) is 4.09. The van der Waals surface area contributed by atoms with Crippen LogP contribution in [0.4, 0.5) is 0 Å². The van der Waals surface area contributed by atoms with Crippen LogP contribution in [0.15, 0.2) is 42.5 Å². The van der Waals surface area contributed by atoms with Crippen molar-refractivity contribution in [2.45, 2.75) is 12.2 Å². The molecule has 92 valence electrons. The molecule has 1 aromatic carbocycles. The van der Waals surface area contributed by atoms with E-state index in [1.54, 1.807) is 11.3 Å². The highest BCUT2D eigenvalue weighted by Crippen LogP contribution is 2.44. The number of esters is 1. The number of carbonyl (C=O) groups is 1. The van der Waals surface area contributed by atoms with Gasteiger partial charge in [-0.25, -0.2) is 4.79 Å². The van der Waals surface area contributed by atoms with Crippen LogP contribution in [0.3, 0.4) is 0 Å². The van der Waals surface area contributed by atoms with Crippen molar-refractivity contribution < 1.29 is 14.3 Å². The van der Waals surface area contributed by atoms with Crippen LogP contribution in [0.2, 0.25) is 0 Å². The molecule has 3 rings (SSSR count). The number of carbonyl (C=O) groups excluding carboxylic acids is 1. The lowest BCUT2D eigenvalue weighted by Gasteiger charge is -1.94. The van der Waals surface area contributed by atoms with E-state index in [0.717, 1.165) is 4.88 Å². The van der Waals surface area contributed by atoms with Gasteiger partial charge in [-0.3, -0.25) is 0 Å². The monoisotopic (exact) mass is 260 g/mol. The normalized spacial score (nSPS) is 21.6. The van der Waals surface area contributed by atoms with Crippen LogP contribution in [0.1, 0.15) is 11.0 Å². The van der Waals surface area contributed by atoms with Gasteiger partial charge in [-0.2, -0.15) is 0 Å². The van der Waals surface area contributed by atoms with Crippen LogP contribution in [-0.2, 0) is 14.3 Å². The Hall–Kier alpha value is -1.65. The fourth-order valence-corrected chi connectivity index (χ4v) is 2.96. The molecule has 2 aromatic rings. The molecule has 1 aromatic heterocycles. The van der Waals surface area contributed by atoms with Gasteiger partial charge >= 0.3 is 5.97 Å². The van der Waals surface area contributed by atoms with Crippen molar-refractivity contribution in [2.24, 2.45) is 0 Å². The maximum atomic E-state index is 11.3. The third kappa shape index (κ3) is 2.05. The highest BCUT2D eigenvalue weighted by Gasteiger charge is 2.48. The van der Waals surface area contributed by atoms with Gasteiger partial charge in [0.05, 0.1) is 7.11 Å². The van der Waals surface area contributed by atoms with E-state index in [2.05, 4.69) is 22.9 Å². The SMILES string of the molecule is COC(=O)C1OC1c1ccc(-c2ccccc2)s1. The summed E-state index contributed by atoms with van der Waals surface area (Å²) in [4.78, 5) is 13.6. The molecule has 2 atom stereocenters. The second kappa shape index (κ2) is 4.55. The molecule has 2 unspecified atom stereocenters. The average Bonchev–Trinajstić information content (AvgIpc) is 3.08. The van der Waals surface area contributed by atoms with Gasteiger partial charge in [-0.1, -0.05) is 30.3 Å². The summed E-state index contributed by atoms with van der Waals surface area (Å²) < 4.78 is 10.00. The summed E-state index contributed by atoms with van der Waals surface area (Å²) in [5, 5.41) is 0. The van der Waals surface area contributed by atoms with E-state index in [4.69, 9.17) is 4.74 Å². The Bertz CT molecular complexity index is 561. The van der Waals surface area contributed by atoms with Crippen LogP contribution >= 0.6 is 11.3 Å². The van der Waals surface area contributed by atoms with Crippen LogP contribution in [0, 0.1) is 0 Å². The molecule has 0 saturated carbocycles. The molecule has 1 aliphatic rings. The molecule has 0 aliphatic carbocycles. The molecule has 18 heavy (non-hydrogen) atoms. The number of benzene rings is 1. The van der Waals surface area contributed by atoms with Crippen molar-refractivity contribution in [2.75, 3.05) is 7.11 Å². The minimum Gasteiger partial charge on any atom is -0.467 e. The van der Waals surface area contributed by atoms with Gasteiger partial charge in [0.25, 0.3) is 0 Å². The molecule has 0 N–H and O–H groups in total. The minimum atomic E-state index is -0.419. The molecule has 0 amide bonds. The minimum absolute atomic E-state index is 0.125. The molecule has 0 bridgehead atoms. The zero-order chi connectivity index (χ0) is 12.5. The zero-order valence-electron chi connectivity index (χ0n) is 9.83. The number of hydrogen-bond acceptors (Lipinski definition) is 4. The summed E-state index contributed by atoms with van der Waals surface area (Å²) in [6.45, 7) is 0. The Kier molecular flexibility index (Phi) is 2.89.